The lowest BCUT2D eigenvalue weighted by atomic mass is 10.2. The molecule has 26 heavy (non-hydrogen) atoms. The Morgan fingerprint density at radius 3 is 2.42 bits per heavy atom. The normalized spacial score (nSPS) is 11.3. The topological polar surface area (TPSA) is 59.9 Å². The number of benzene rings is 1. The van der Waals surface area contributed by atoms with Gasteiger partial charge < -0.3 is 10.1 Å². The molecule has 0 radical (unpaired) electrons. The minimum absolute atomic E-state index is 0.289. The first-order valence-corrected chi connectivity index (χ1v) is 8.17. The highest BCUT2D eigenvalue weighted by atomic mass is 79.9. The summed E-state index contributed by atoms with van der Waals surface area (Å²) in [4.78, 5) is 12.8. The molecule has 0 amide bonds. The van der Waals surface area contributed by atoms with Gasteiger partial charge in [-0.2, -0.15) is 0 Å². The van der Waals surface area contributed by atoms with E-state index in [1.807, 2.05) is 6.07 Å². The van der Waals surface area contributed by atoms with E-state index in [1.165, 1.54) is 24.3 Å². The molecular formula is C17H12BrF3N4O. The third-order valence-corrected chi connectivity index (χ3v) is 3.63. The molecule has 3 aromatic rings. The second kappa shape index (κ2) is 7.28. The van der Waals surface area contributed by atoms with Crippen LogP contribution in [0, 0.1) is 6.92 Å². The summed E-state index contributed by atoms with van der Waals surface area (Å²) < 4.78 is 41.3. The van der Waals surface area contributed by atoms with Crippen LogP contribution < -0.4 is 10.1 Å². The zero-order valence-corrected chi connectivity index (χ0v) is 15.0. The highest BCUT2D eigenvalue weighted by Gasteiger charge is 2.30. The Balaban J connectivity index is 1.82. The maximum Gasteiger partial charge on any atom is 0.573 e. The minimum atomic E-state index is -4.72. The average Bonchev–Trinajstić information content (AvgIpc) is 2.55. The molecule has 2 aromatic heterocycles. The van der Waals surface area contributed by atoms with Crippen molar-refractivity contribution in [2.24, 2.45) is 0 Å². The SMILES string of the molecule is Cc1nc(Nc2ccc(OC(F)(F)F)cc2)cc(-c2cncc(Br)c2)n1. The molecule has 0 saturated heterocycles. The second-order valence-electron chi connectivity index (χ2n) is 5.27. The Labute approximate surface area is 155 Å². The molecule has 0 bridgehead atoms. The minimum Gasteiger partial charge on any atom is -0.406 e. The number of alkyl halides is 3. The predicted molar refractivity (Wildman–Crippen MR) is 94.1 cm³/mol. The first kappa shape index (κ1) is 18.1. The molecule has 9 heteroatoms. The standard InChI is InChI=1S/C17H12BrF3N4O/c1-10-23-15(11-6-12(18)9-22-8-11)7-16(24-10)25-13-2-4-14(5-3-13)26-17(19,20)21/h2-9H,1H3,(H,23,24,25). The smallest absolute Gasteiger partial charge is 0.406 e. The maximum absolute atomic E-state index is 12.2. The van der Waals surface area contributed by atoms with Gasteiger partial charge in [-0.15, -0.1) is 13.2 Å². The number of nitrogens with one attached hydrogen (secondary N) is 1. The lowest BCUT2D eigenvalue weighted by Gasteiger charge is -2.11. The molecule has 3 rings (SSSR count). The van der Waals surface area contributed by atoms with E-state index < -0.39 is 6.36 Å². The van der Waals surface area contributed by atoms with E-state index >= 15 is 0 Å². The van der Waals surface area contributed by atoms with Crippen molar-refractivity contribution in [1.29, 1.82) is 0 Å². The fourth-order valence-electron chi connectivity index (χ4n) is 2.22. The van der Waals surface area contributed by atoms with Crippen LogP contribution in [0.15, 0.2) is 53.3 Å². The van der Waals surface area contributed by atoms with Gasteiger partial charge in [0.15, 0.2) is 0 Å². The zero-order chi connectivity index (χ0) is 18.7. The molecule has 1 aromatic carbocycles. The number of aryl methyl sites for hydroxylation is 1. The van der Waals surface area contributed by atoms with Gasteiger partial charge in [0.05, 0.1) is 5.69 Å². The zero-order valence-electron chi connectivity index (χ0n) is 13.4. The molecule has 2 heterocycles. The fraction of sp³-hybridized carbons (Fsp3) is 0.118. The van der Waals surface area contributed by atoms with Gasteiger partial charge in [0.25, 0.3) is 0 Å². The van der Waals surface area contributed by atoms with Gasteiger partial charge in [-0.3, -0.25) is 4.98 Å². The Morgan fingerprint density at radius 2 is 1.77 bits per heavy atom. The third kappa shape index (κ3) is 4.92. The van der Waals surface area contributed by atoms with Crippen LogP contribution in [0.4, 0.5) is 24.7 Å². The van der Waals surface area contributed by atoms with Gasteiger partial charge in [-0.25, -0.2) is 9.97 Å². The fourth-order valence-corrected chi connectivity index (χ4v) is 2.58. The summed E-state index contributed by atoms with van der Waals surface area (Å²) in [5, 5.41) is 3.04. The first-order valence-electron chi connectivity index (χ1n) is 7.38. The molecule has 0 spiro atoms. The van der Waals surface area contributed by atoms with Gasteiger partial charge in [-0.05, 0) is 53.2 Å². The first-order chi connectivity index (χ1) is 12.3. The molecule has 5 nitrogen and oxygen atoms in total. The predicted octanol–water partition coefficient (Wildman–Crippen LogP) is 5.25. The molecule has 1 N–H and O–H groups in total. The van der Waals surface area contributed by atoms with Crippen molar-refractivity contribution in [3.8, 4) is 17.0 Å². The summed E-state index contributed by atoms with van der Waals surface area (Å²) in [7, 11) is 0. The quantitative estimate of drug-likeness (QED) is 0.619. The van der Waals surface area contributed by atoms with Crippen molar-refractivity contribution in [2.45, 2.75) is 13.3 Å². The van der Waals surface area contributed by atoms with E-state index in [0.717, 1.165) is 10.0 Å². The van der Waals surface area contributed by atoms with E-state index in [1.54, 1.807) is 25.4 Å². The number of nitrogens with zero attached hydrogens (tertiary/aromatic N) is 3. The van der Waals surface area contributed by atoms with Crippen LogP contribution in [0.25, 0.3) is 11.3 Å². The Morgan fingerprint density at radius 1 is 1.04 bits per heavy atom. The Hall–Kier alpha value is -2.68. The summed E-state index contributed by atoms with van der Waals surface area (Å²) in [6, 6.07) is 9.00. The summed E-state index contributed by atoms with van der Waals surface area (Å²) in [6.45, 7) is 1.75. The summed E-state index contributed by atoms with van der Waals surface area (Å²) in [5.41, 5.74) is 2.05. The number of rotatable bonds is 4. The number of pyridine rings is 1. The number of halogens is 4. The summed E-state index contributed by atoms with van der Waals surface area (Å²) in [6.07, 6.45) is -1.37. The molecule has 0 aliphatic carbocycles. The van der Waals surface area contributed by atoms with Gasteiger partial charge in [0.1, 0.15) is 17.4 Å². The molecule has 0 unspecified atom stereocenters. The van der Waals surface area contributed by atoms with Crippen LogP contribution in [0.5, 0.6) is 5.75 Å². The van der Waals surface area contributed by atoms with Crippen LogP contribution in [0.2, 0.25) is 0 Å². The van der Waals surface area contributed by atoms with E-state index in [4.69, 9.17) is 0 Å². The molecule has 0 atom stereocenters. The molecule has 0 saturated carbocycles. The summed E-state index contributed by atoms with van der Waals surface area (Å²) >= 11 is 3.36. The number of hydrogen-bond acceptors (Lipinski definition) is 5. The molecular weight excluding hydrogens is 413 g/mol. The summed E-state index contributed by atoms with van der Waals surface area (Å²) in [5.74, 6) is 0.766. The van der Waals surface area contributed by atoms with Crippen LogP contribution in [0.1, 0.15) is 5.82 Å². The second-order valence-corrected chi connectivity index (χ2v) is 6.19. The molecule has 0 aliphatic rings. The van der Waals surface area contributed by atoms with Crippen molar-refractivity contribution in [3.05, 3.63) is 59.1 Å². The monoisotopic (exact) mass is 424 g/mol. The number of hydrogen-bond donors (Lipinski definition) is 1. The van der Waals surface area contributed by atoms with E-state index in [0.29, 0.717) is 23.0 Å². The largest absolute Gasteiger partial charge is 0.573 e. The van der Waals surface area contributed by atoms with Gasteiger partial charge in [0, 0.05) is 34.2 Å². The van der Waals surface area contributed by atoms with E-state index in [9.17, 15) is 13.2 Å². The van der Waals surface area contributed by atoms with Crippen molar-refractivity contribution in [1.82, 2.24) is 15.0 Å². The van der Waals surface area contributed by atoms with E-state index in [-0.39, 0.29) is 5.75 Å². The van der Waals surface area contributed by atoms with Crippen LogP contribution in [-0.2, 0) is 0 Å². The number of anilines is 2. The van der Waals surface area contributed by atoms with Gasteiger partial charge in [-0.1, -0.05) is 0 Å². The van der Waals surface area contributed by atoms with Crippen LogP contribution in [-0.4, -0.2) is 21.3 Å². The van der Waals surface area contributed by atoms with Gasteiger partial charge >= 0.3 is 6.36 Å². The van der Waals surface area contributed by atoms with Crippen molar-refractivity contribution < 1.29 is 17.9 Å². The lowest BCUT2D eigenvalue weighted by Crippen LogP contribution is -2.16. The Kier molecular flexibility index (Phi) is 5.08. The molecule has 0 aliphatic heterocycles. The average molecular weight is 425 g/mol. The van der Waals surface area contributed by atoms with Crippen LogP contribution in [0.3, 0.4) is 0 Å². The maximum atomic E-state index is 12.2. The molecule has 0 fully saturated rings. The Bertz CT molecular complexity index is 917. The van der Waals surface area contributed by atoms with E-state index in [2.05, 4.69) is 40.9 Å². The van der Waals surface area contributed by atoms with Gasteiger partial charge in [0.2, 0.25) is 0 Å². The highest BCUT2D eigenvalue weighted by Crippen LogP contribution is 2.26. The van der Waals surface area contributed by atoms with Crippen molar-refractivity contribution in [2.75, 3.05) is 5.32 Å². The lowest BCUT2D eigenvalue weighted by molar-refractivity contribution is -0.274. The molecule has 134 valence electrons. The van der Waals surface area contributed by atoms with Crippen molar-refractivity contribution in [3.63, 3.8) is 0 Å². The van der Waals surface area contributed by atoms with Crippen molar-refractivity contribution >= 4 is 27.4 Å². The van der Waals surface area contributed by atoms with Crippen LogP contribution >= 0.6 is 15.9 Å². The number of aromatic nitrogens is 3. The number of ether oxygens (including phenoxy) is 1. The third-order valence-electron chi connectivity index (χ3n) is 3.20. The highest BCUT2D eigenvalue weighted by molar-refractivity contribution is 9.10.